The number of anilines is 2. The second-order valence-electron chi connectivity index (χ2n) is 9.37. The lowest BCUT2D eigenvalue weighted by atomic mass is 9.82. The molecule has 9 heteroatoms. The van der Waals surface area contributed by atoms with Crippen molar-refractivity contribution in [2.75, 3.05) is 36.5 Å². The fourth-order valence-electron chi connectivity index (χ4n) is 5.33. The average molecular weight is 514 g/mol. The van der Waals surface area contributed by atoms with Crippen molar-refractivity contribution in [1.82, 2.24) is 5.32 Å². The molecule has 1 amide bonds. The Balaban J connectivity index is 1.45. The molecule has 2 aliphatic rings. The molecule has 0 saturated carbocycles. The number of nitrogens with one attached hydrogen (secondary N) is 1. The van der Waals surface area contributed by atoms with E-state index in [0.29, 0.717) is 25.2 Å². The molecule has 2 aliphatic heterocycles. The number of benzene rings is 3. The summed E-state index contributed by atoms with van der Waals surface area (Å²) in [7, 11) is 1.61. The van der Waals surface area contributed by atoms with Gasteiger partial charge in [0.2, 0.25) is 5.91 Å². The number of hydrogen-bond donors (Lipinski definition) is 1. The molecule has 5 rings (SSSR count). The normalized spacial score (nSPS) is 19.2. The summed E-state index contributed by atoms with van der Waals surface area (Å²) in [5, 5.41) is 2.92. The number of para-hydroxylation sites is 2. The van der Waals surface area contributed by atoms with Crippen molar-refractivity contribution >= 4 is 17.3 Å². The van der Waals surface area contributed by atoms with E-state index in [9.17, 15) is 22.4 Å². The molecule has 37 heavy (non-hydrogen) atoms. The molecule has 0 aliphatic carbocycles. The molecule has 0 spiro atoms. The van der Waals surface area contributed by atoms with Crippen LogP contribution in [0, 0.1) is 11.7 Å². The fraction of sp³-hybridized carbons (Fsp3) is 0.321. The number of fused-ring (bicyclic) bond motifs is 3. The highest BCUT2D eigenvalue weighted by Gasteiger charge is 2.43. The van der Waals surface area contributed by atoms with E-state index in [-0.39, 0.29) is 30.7 Å². The van der Waals surface area contributed by atoms with E-state index < -0.39 is 17.7 Å². The molecule has 2 heterocycles. The second kappa shape index (κ2) is 9.95. The SMILES string of the molecule is COc1ccccc1N1CCN2c3ccc(C(F)(F)F)cc3C[C@H](C(=O)NCc3ccc(F)cc3)[C@H]2C1. The number of halogens is 4. The number of nitrogens with zero attached hydrogens (tertiary/aromatic N) is 2. The Morgan fingerprint density at radius 2 is 1.78 bits per heavy atom. The van der Waals surface area contributed by atoms with Gasteiger partial charge < -0.3 is 19.9 Å². The van der Waals surface area contributed by atoms with E-state index in [4.69, 9.17) is 4.74 Å². The van der Waals surface area contributed by atoms with Crippen LogP contribution in [0.2, 0.25) is 0 Å². The summed E-state index contributed by atoms with van der Waals surface area (Å²) in [6.07, 6.45) is -4.27. The number of carbonyl (C=O) groups is 1. The standard InChI is InChI=1S/C28H27F4N3O2/c1-37-26-5-3-2-4-24(26)34-12-13-35-23-11-8-20(28(30,31)32)14-19(23)15-22(25(35)17-34)27(36)33-16-18-6-9-21(29)10-7-18/h2-11,14,22,25H,12-13,15-17H2,1H3,(H,33,36)/t22-,25+/m0/s1. The maximum Gasteiger partial charge on any atom is 0.416 e. The third kappa shape index (κ3) is 5.08. The lowest BCUT2D eigenvalue weighted by molar-refractivity contribution is -0.137. The first-order valence-electron chi connectivity index (χ1n) is 12.1. The Morgan fingerprint density at radius 3 is 2.51 bits per heavy atom. The van der Waals surface area contributed by atoms with Crippen molar-refractivity contribution in [2.24, 2.45) is 5.92 Å². The van der Waals surface area contributed by atoms with Crippen molar-refractivity contribution < 1.29 is 27.1 Å². The third-order valence-corrected chi connectivity index (χ3v) is 7.18. The number of carbonyl (C=O) groups excluding carboxylic acids is 1. The molecule has 0 aromatic heterocycles. The van der Waals surface area contributed by atoms with E-state index in [1.807, 2.05) is 24.3 Å². The largest absolute Gasteiger partial charge is 0.495 e. The van der Waals surface area contributed by atoms with Crippen LogP contribution < -0.4 is 19.9 Å². The van der Waals surface area contributed by atoms with Crippen LogP contribution >= 0.6 is 0 Å². The Kier molecular flexibility index (Phi) is 6.70. The predicted octanol–water partition coefficient (Wildman–Crippen LogP) is 5.04. The second-order valence-corrected chi connectivity index (χ2v) is 9.37. The molecule has 1 saturated heterocycles. The van der Waals surface area contributed by atoms with Gasteiger partial charge >= 0.3 is 6.18 Å². The summed E-state index contributed by atoms with van der Waals surface area (Å²) in [5.74, 6) is -0.466. The molecule has 0 unspecified atom stereocenters. The molecule has 2 atom stereocenters. The number of amides is 1. The van der Waals surface area contributed by atoms with E-state index in [1.54, 1.807) is 19.2 Å². The minimum Gasteiger partial charge on any atom is -0.495 e. The molecular formula is C28H27F4N3O2. The van der Waals surface area contributed by atoms with E-state index in [0.717, 1.165) is 28.8 Å². The van der Waals surface area contributed by atoms with Gasteiger partial charge in [-0.2, -0.15) is 13.2 Å². The Hall–Kier alpha value is -3.75. The molecule has 0 radical (unpaired) electrons. The van der Waals surface area contributed by atoms with Crippen LogP contribution in [0.1, 0.15) is 16.7 Å². The zero-order valence-electron chi connectivity index (χ0n) is 20.3. The van der Waals surface area contributed by atoms with E-state index in [2.05, 4.69) is 15.1 Å². The fourth-order valence-corrected chi connectivity index (χ4v) is 5.33. The average Bonchev–Trinajstić information content (AvgIpc) is 2.91. The van der Waals surface area contributed by atoms with E-state index >= 15 is 0 Å². The lowest BCUT2D eigenvalue weighted by Crippen LogP contribution is -2.61. The maximum absolute atomic E-state index is 13.5. The van der Waals surface area contributed by atoms with Gasteiger partial charge in [0.1, 0.15) is 11.6 Å². The van der Waals surface area contributed by atoms with Crippen LogP contribution in [-0.2, 0) is 23.9 Å². The molecular weight excluding hydrogens is 486 g/mol. The number of rotatable bonds is 5. The van der Waals surface area contributed by atoms with Crippen molar-refractivity contribution in [3.63, 3.8) is 0 Å². The first-order chi connectivity index (χ1) is 17.7. The molecule has 5 nitrogen and oxygen atoms in total. The minimum absolute atomic E-state index is 0.190. The zero-order chi connectivity index (χ0) is 26.2. The van der Waals surface area contributed by atoms with Gasteiger partial charge in [-0.25, -0.2) is 4.39 Å². The van der Waals surface area contributed by atoms with Crippen LogP contribution in [-0.4, -0.2) is 38.7 Å². The molecule has 3 aromatic carbocycles. The van der Waals surface area contributed by atoms with Crippen LogP contribution in [0.25, 0.3) is 0 Å². The van der Waals surface area contributed by atoms with Crippen molar-refractivity contribution in [2.45, 2.75) is 25.2 Å². The number of ether oxygens (including phenoxy) is 1. The number of alkyl halides is 3. The van der Waals surface area contributed by atoms with Crippen molar-refractivity contribution in [3.05, 3.63) is 89.2 Å². The monoisotopic (exact) mass is 513 g/mol. The Morgan fingerprint density at radius 1 is 1.03 bits per heavy atom. The summed E-state index contributed by atoms with van der Waals surface area (Å²) >= 11 is 0. The van der Waals surface area contributed by atoms with Gasteiger partial charge in [-0.3, -0.25) is 4.79 Å². The molecule has 1 N–H and O–H groups in total. The van der Waals surface area contributed by atoms with Crippen LogP contribution in [0.3, 0.4) is 0 Å². The first kappa shape index (κ1) is 24.9. The van der Waals surface area contributed by atoms with Crippen molar-refractivity contribution in [3.8, 4) is 5.75 Å². The zero-order valence-corrected chi connectivity index (χ0v) is 20.3. The summed E-state index contributed by atoms with van der Waals surface area (Å²) in [6, 6.07) is 17.0. The van der Waals surface area contributed by atoms with Crippen LogP contribution in [0.5, 0.6) is 5.75 Å². The van der Waals surface area contributed by atoms with Gasteiger partial charge in [-0.05, 0) is 60.0 Å². The predicted molar refractivity (Wildman–Crippen MR) is 133 cm³/mol. The molecule has 0 bridgehead atoms. The van der Waals surface area contributed by atoms with Gasteiger partial charge in [0.05, 0.1) is 30.3 Å². The van der Waals surface area contributed by atoms with Crippen LogP contribution in [0.4, 0.5) is 28.9 Å². The van der Waals surface area contributed by atoms with Gasteiger partial charge in [0, 0.05) is 31.9 Å². The van der Waals surface area contributed by atoms with Crippen molar-refractivity contribution in [1.29, 1.82) is 0 Å². The highest BCUT2D eigenvalue weighted by molar-refractivity contribution is 5.82. The van der Waals surface area contributed by atoms with Gasteiger partial charge in [-0.1, -0.05) is 24.3 Å². The Bertz CT molecular complexity index is 1280. The van der Waals surface area contributed by atoms with Gasteiger partial charge in [0.25, 0.3) is 0 Å². The maximum atomic E-state index is 13.5. The first-order valence-corrected chi connectivity index (χ1v) is 12.1. The van der Waals surface area contributed by atoms with E-state index in [1.165, 1.54) is 24.3 Å². The summed E-state index contributed by atoms with van der Waals surface area (Å²) in [4.78, 5) is 17.7. The summed E-state index contributed by atoms with van der Waals surface area (Å²) in [6.45, 7) is 1.88. The number of methoxy groups -OCH3 is 1. The smallest absolute Gasteiger partial charge is 0.416 e. The molecule has 194 valence electrons. The number of piperazine rings is 1. The molecule has 1 fully saturated rings. The third-order valence-electron chi connectivity index (χ3n) is 7.18. The quantitative estimate of drug-likeness (QED) is 0.486. The summed E-state index contributed by atoms with van der Waals surface area (Å²) < 4.78 is 59.2. The highest BCUT2D eigenvalue weighted by Crippen LogP contribution is 2.41. The topological polar surface area (TPSA) is 44.8 Å². The minimum atomic E-state index is -4.46. The Labute approximate surface area is 212 Å². The summed E-state index contributed by atoms with van der Waals surface area (Å²) in [5.41, 5.74) is 2.18. The highest BCUT2D eigenvalue weighted by atomic mass is 19.4. The molecule has 3 aromatic rings. The lowest BCUT2D eigenvalue weighted by Gasteiger charge is -2.49. The van der Waals surface area contributed by atoms with Gasteiger partial charge in [0.15, 0.2) is 0 Å². The van der Waals surface area contributed by atoms with Gasteiger partial charge in [-0.15, -0.1) is 0 Å². The number of hydrogen-bond acceptors (Lipinski definition) is 4. The van der Waals surface area contributed by atoms with Crippen LogP contribution in [0.15, 0.2) is 66.7 Å².